The fraction of sp³-hybridized carbons (Fsp3) is 0.483. The van der Waals surface area contributed by atoms with E-state index in [0.29, 0.717) is 30.1 Å². The Morgan fingerprint density at radius 2 is 1.75 bits per heavy atom. The normalized spacial score (nSPS) is 15.6. The van der Waals surface area contributed by atoms with E-state index in [1.165, 1.54) is 12.0 Å². The van der Waals surface area contributed by atoms with Crippen LogP contribution in [-0.4, -0.2) is 34.3 Å². The zero-order chi connectivity index (χ0) is 25.8. The highest BCUT2D eigenvalue weighted by molar-refractivity contribution is 6.30. The lowest BCUT2D eigenvalue weighted by molar-refractivity contribution is -0.120. The Hall–Kier alpha value is -2.86. The number of hydrogen-bond acceptors (Lipinski definition) is 3. The molecule has 0 radical (unpaired) electrons. The third-order valence-electron chi connectivity index (χ3n) is 7.17. The van der Waals surface area contributed by atoms with E-state index >= 15 is 0 Å². The SMILES string of the molecule is CC(C)(C)CCNC(=O)Cc1cn2c(C(=O)NCC3(c4ccc(Cl)cc4)CCCCC3)cccc2n1. The number of rotatable bonds is 8. The van der Waals surface area contributed by atoms with Crippen LogP contribution in [0.4, 0.5) is 0 Å². The lowest BCUT2D eigenvalue weighted by atomic mass is 9.69. The molecule has 7 heteroatoms. The second kappa shape index (κ2) is 11.0. The third-order valence-corrected chi connectivity index (χ3v) is 7.42. The maximum Gasteiger partial charge on any atom is 0.268 e. The standard InChI is InChI=1S/C29H37ClN4O2/c1-28(2,3)16-17-31-26(35)18-23-19-34-24(8-7-9-25(34)33-23)27(36)32-20-29(14-5-4-6-15-29)21-10-12-22(30)13-11-21/h7-13,19H,4-6,14-18,20H2,1-3H3,(H,31,35)(H,32,36). The molecule has 0 saturated heterocycles. The summed E-state index contributed by atoms with van der Waals surface area (Å²) < 4.78 is 1.78. The number of carbonyl (C=O) groups excluding carboxylic acids is 2. The van der Waals surface area contributed by atoms with E-state index in [1.807, 2.05) is 24.3 Å². The molecule has 2 heterocycles. The van der Waals surface area contributed by atoms with E-state index in [0.717, 1.165) is 37.1 Å². The van der Waals surface area contributed by atoms with Crippen LogP contribution in [0.15, 0.2) is 48.7 Å². The molecule has 0 aliphatic heterocycles. The van der Waals surface area contributed by atoms with E-state index < -0.39 is 0 Å². The van der Waals surface area contributed by atoms with E-state index in [2.05, 4.69) is 48.5 Å². The van der Waals surface area contributed by atoms with Gasteiger partial charge in [0.25, 0.3) is 5.91 Å². The lowest BCUT2D eigenvalue weighted by Crippen LogP contribution is -2.42. The lowest BCUT2D eigenvalue weighted by Gasteiger charge is -2.38. The number of nitrogens with zero attached hydrogens (tertiary/aromatic N) is 2. The largest absolute Gasteiger partial charge is 0.356 e. The molecular weight excluding hydrogens is 472 g/mol. The van der Waals surface area contributed by atoms with Crippen molar-refractivity contribution >= 4 is 29.1 Å². The van der Waals surface area contributed by atoms with Crippen molar-refractivity contribution in [2.24, 2.45) is 5.41 Å². The number of imidazole rings is 1. The van der Waals surface area contributed by atoms with Crippen molar-refractivity contribution in [1.82, 2.24) is 20.0 Å². The van der Waals surface area contributed by atoms with Crippen molar-refractivity contribution in [2.75, 3.05) is 13.1 Å². The summed E-state index contributed by atoms with van der Waals surface area (Å²) in [5, 5.41) is 6.90. The average molecular weight is 509 g/mol. The quantitative estimate of drug-likeness (QED) is 0.409. The molecule has 1 saturated carbocycles. The molecule has 192 valence electrons. The molecule has 0 bridgehead atoms. The maximum atomic E-state index is 13.3. The summed E-state index contributed by atoms with van der Waals surface area (Å²) in [7, 11) is 0. The van der Waals surface area contributed by atoms with Crippen molar-refractivity contribution in [1.29, 1.82) is 0 Å². The van der Waals surface area contributed by atoms with E-state index in [1.54, 1.807) is 16.7 Å². The first-order valence-corrected chi connectivity index (χ1v) is 13.3. The Labute approximate surface area is 218 Å². The van der Waals surface area contributed by atoms with Crippen LogP contribution in [0.25, 0.3) is 5.65 Å². The van der Waals surface area contributed by atoms with Gasteiger partial charge in [-0.15, -0.1) is 0 Å². The van der Waals surface area contributed by atoms with Crippen LogP contribution in [0.3, 0.4) is 0 Å². The number of hydrogen-bond donors (Lipinski definition) is 2. The van der Waals surface area contributed by atoms with Crippen LogP contribution >= 0.6 is 11.6 Å². The Morgan fingerprint density at radius 1 is 1.03 bits per heavy atom. The number of aromatic nitrogens is 2. The molecule has 2 N–H and O–H groups in total. The van der Waals surface area contributed by atoms with Gasteiger partial charge in [0.05, 0.1) is 12.1 Å². The van der Waals surface area contributed by atoms with Gasteiger partial charge in [0, 0.05) is 29.7 Å². The second-order valence-electron chi connectivity index (χ2n) is 11.2. The summed E-state index contributed by atoms with van der Waals surface area (Å²) in [5.74, 6) is -0.200. The molecule has 2 aromatic heterocycles. The number of amides is 2. The predicted molar refractivity (Wildman–Crippen MR) is 145 cm³/mol. The second-order valence-corrected chi connectivity index (χ2v) is 11.7. The van der Waals surface area contributed by atoms with Crippen LogP contribution < -0.4 is 10.6 Å². The topological polar surface area (TPSA) is 75.5 Å². The first-order valence-electron chi connectivity index (χ1n) is 12.9. The van der Waals surface area contributed by atoms with Gasteiger partial charge in [0.2, 0.25) is 5.91 Å². The van der Waals surface area contributed by atoms with Gasteiger partial charge in [0.15, 0.2) is 0 Å². The maximum absolute atomic E-state index is 13.3. The molecule has 2 amide bonds. The highest BCUT2D eigenvalue weighted by Crippen LogP contribution is 2.39. The summed E-state index contributed by atoms with van der Waals surface area (Å²) in [6, 6.07) is 13.5. The van der Waals surface area contributed by atoms with Crippen LogP contribution in [0.2, 0.25) is 5.02 Å². The molecule has 0 atom stereocenters. The zero-order valence-corrected chi connectivity index (χ0v) is 22.3. The predicted octanol–water partition coefficient (Wildman–Crippen LogP) is 5.71. The molecule has 0 spiro atoms. The molecule has 1 aliphatic carbocycles. The number of carbonyl (C=O) groups is 2. The van der Waals surface area contributed by atoms with Crippen LogP contribution in [0, 0.1) is 5.41 Å². The van der Waals surface area contributed by atoms with Gasteiger partial charge in [0.1, 0.15) is 11.3 Å². The van der Waals surface area contributed by atoms with Gasteiger partial charge in [-0.3, -0.25) is 14.0 Å². The third kappa shape index (κ3) is 6.47. The number of fused-ring (bicyclic) bond motifs is 1. The van der Waals surface area contributed by atoms with Crippen molar-refractivity contribution in [3.05, 3.63) is 70.6 Å². The van der Waals surface area contributed by atoms with Crippen molar-refractivity contribution in [3.8, 4) is 0 Å². The molecule has 3 aromatic rings. The minimum absolute atomic E-state index is 0.0594. The van der Waals surface area contributed by atoms with Gasteiger partial charge in [-0.2, -0.15) is 0 Å². The number of pyridine rings is 1. The molecule has 1 aliphatic rings. The average Bonchev–Trinajstić information content (AvgIpc) is 3.25. The molecule has 4 rings (SSSR count). The van der Waals surface area contributed by atoms with Crippen molar-refractivity contribution < 1.29 is 9.59 Å². The number of nitrogens with one attached hydrogen (secondary N) is 2. The Kier molecular flexibility index (Phi) is 8.04. The summed E-state index contributed by atoms with van der Waals surface area (Å²) in [6.45, 7) is 7.67. The van der Waals surface area contributed by atoms with Gasteiger partial charge in [-0.05, 0) is 54.5 Å². The summed E-state index contributed by atoms with van der Waals surface area (Å²) in [6.07, 6.45) is 8.50. The summed E-state index contributed by atoms with van der Waals surface area (Å²) in [4.78, 5) is 30.3. The van der Waals surface area contributed by atoms with Gasteiger partial charge < -0.3 is 10.6 Å². The van der Waals surface area contributed by atoms with Crippen molar-refractivity contribution in [3.63, 3.8) is 0 Å². The summed E-state index contributed by atoms with van der Waals surface area (Å²) >= 11 is 6.13. The van der Waals surface area contributed by atoms with Gasteiger partial charge >= 0.3 is 0 Å². The Bertz CT molecular complexity index is 1200. The zero-order valence-electron chi connectivity index (χ0n) is 21.6. The smallest absolute Gasteiger partial charge is 0.268 e. The van der Waals surface area contributed by atoms with Gasteiger partial charge in [-0.25, -0.2) is 4.98 Å². The molecule has 0 unspecified atom stereocenters. The monoisotopic (exact) mass is 508 g/mol. The summed E-state index contributed by atoms with van der Waals surface area (Å²) in [5.41, 5.74) is 3.13. The van der Waals surface area contributed by atoms with Gasteiger partial charge in [-0.1, -0.05) is 69.8 Å². The first kappa shape index (κ1) is 26.2. The van der Waals surface area contributed by atoms with Crippen molar-refractivity contribution in [2.45, 2.75) is 71.1 Å². The molecule has 36 heavy (non-hydrogen) atoms. The molecule has 1 aromatic carbocycles. The minimum Gasteiger partial charge on any atom is -0.356 e. The van der Waals surface area contributed by atoms with Crippen LogP contribution in [-0.2, 0) is 16.6 Å². The van der Waals surface area contributed by atoms with Crippen LogP contribution in [0.1, 0.15) is 81.0 Å². The minimum atomic E-state index is -0.141. The Morgan fingerprint density at radius 3 is 2.44 bits per heavy atom. The first-order chi connectivity index (χ1) is 17.2. The molecule has 6 nitrogen and oxygen atoms in total. The van der Waals surface area contributed by atoms with Crippen LogP contribution in [0.5, 0.6) is 0 Å². The van der Waals surface area contributed by atoms with E-state index in [4.69, 9.17) is 11.6 Å². The fourth-order valence-corrected chi connectivity index (χ4v) is 5.20. The highest BCUT2D eigenvalue weighted by Gasteiger charge is 2.34. The molecule has 1 fully saturated rings. The Balaban J connectivity index is 1.46. The van der Waals surface area contributed by atoms with E-state index in [9.17, 15) is 9.59 Å². The number of halogens is 1. The molecular formula is C29H37ClN4O2. The fourth-order valence-electron chi connectivity index (χ4n) is 5.07. The highest BCUT2D eigenvalue weighted by atomic mass is 35.5. The number of benzene rings is 1. The van der Waals surface area contributed by atoms with E-state index in [-0.39, 0.29) is 29.1 Å².